The first-order valence-corrected chi connectivity index (χ1v) is 12.6. The summed E-state index contributed by atoms with van der Waals surface area (Å²) in [6, 6.07) is 1.90. The Labute approximate surface area is 224 Å². The summed E-state index contributed by atoms with van der Waals surface area (Å²) >= 11 is 6.55. The molecule has 1 amide bonds. The van der Waals surface area contributed by atoms with Crippen molar-refractivity contribution in [3.05, 3.63) is 33.8 Å². The van der Waals surface area contributed by atoms with Crippen molar-refractivity contribution in [2.75, 3.05) is 20.6 Å². The third-order valence-electron chi connectivity index (χ3n) is 7.44. The molecule has 2 aliphatic rings. The lowest BCUT2D eigenvalue weighted by atomic mass is 9.58. The lowest BCUT2D eigenvalue weighted by Gasteiger charge is -2.48. The zero-order valence-corrected chi connectivity index (χ0v) is 22.6. The van der Waals surface area contributed by atoms with Crippen LogP contribution in [-0.2, 0) is 27.3 Å². The highest BCUT2D eigenvalue weighted by atomic mass is 35.5. The minimum atomic E-state index is -2.79. The van der Waals surface area contributed by atoms with Gasteiger partial charge in [0.1, 0.15) is 11.5 Å². The molecular weight excluding hydrogens is 514 g/mol. The molecule has 2 aromatic carbocycles. The van der Waals surface area contributed by atoms with Crippen LogP contribution in [0.2, 0.25) is 5.02 Å². The van der Waals surface area contributed by atoms with Gasteiger partial charge >= 0.3 is 0 Å². The molecule has 0 radical (unpaired) electrons. The van der Waals surface area contributed by atoms with Crippen LogP contribution in [-0.4, -0.2) is 75.8 Å². The quantitative estimate of drug-likeness (QED) is 0.347. The fraction of sp³-hybridized carbons (Fsp3) is 0.481. The minimum Gasteiger partial charge on any atom is -0.507 e. The number of nitrogens with one attached hydrogen (secondary N) is 1. The van der Waals surface area contributed by atoms with Gasteiger partial charge in [-0.1, -0.05) is 32.4 Å². The molecule has 0 saturated heterocycles. The number of Topliss-reactive ketones (excluding diaryl/α,β-unsaturated/α-hetero) is 3. The van der Waals surface area contributed by atoms with Crippen molar-refractivity contribution in [2.24, 2.45) is 23.0 Å². The smallest absolute Gasteiger partial charge is 0.235 e. The number of hydrogen-bond donors (Lipinski definition) is 5. The molecule has 0 aliphatic heterocycles. The number of carbonyl (C=O) groups is 4. The molecule has 4 atom stereocenters. The number of aromatic hydroxyl groups is 2. The zero-order chi connectivity index (χ0) is 28.5. The highest BCUT2D eigenvalue weighted by Crippen LogP contribution is 2.50. The number of likely N-dealkylation sites (N-methyl/N-ethyl adjacent to an activating group) is 1. The molecule has 0 aromatic heterocycles. The first-order chi connectivity index (χ1) is 17.5. The van der Waals surface area contributed by atoms with Crippen molar-refractivity contribution in [1.82, 2.24) is 10.2 Å². The number of halogens is 1. The Morgan fingerprint density at radius 2 is 1.82 bits per heavy atom. The molecule has 0 spiro atoms. The predicted octanol–water partition coefficient (Wildman–Crippen LogP) is 1.31. The molecule has 0 heterocycles. The number of fused-ring (bicyclic) bond motifs is 3. The van der Waals surface area contributed by atoms with Crippen molar-refractivity contribution >= 4 is 45.6 Å². The number of hydrogen-bond acceptors (Lipinski definition) is 9. The van der Waals surface area contributed by atoms with Crippen LogP contribution in [0.5, 0.6) is 11.5 Å². The normalized spacial score (nSPS) is 25.6. The van der Waals surface area contributed by atoms with Gasteiger partial charge in [-0.3, -0.25) is 24.1 Å². The fourth-order valence-corrected chi connectivity index (χ4v) is 5.99. The topological polar surface area (TPSA) is 170 Å². The van der Waals surface area contributed by atoms with Gasteiger partial charge < -0.3 is 26.4 Å². The van der Waals surface area contributed by atoms with E-state index in [1.807, 2.05) is 20.8 Å². The maximum Gasteiger partial charge on any atom is 0.235 e. The number of ketones is 3. The molecule has 2 aromatic rings. The second kappa shape index (κ2) is 9.30. The highest BCUT2D eigenvalue weighted by molar-refractivity contribution is 6.37. The number of nitrogens with zero attached hydrogens (tertiary/aromatic N) is 1. The van der Waals surface area contributed by atoms with E-state index >= 15 is 0 Å². The van der Waals surface area contributed by atoms with Crippen LogP contribution in [0.15, 0.2) is 12.1 Å². The van der Waals surface area contributed by atoms with Gasteiger partial charge in [-0.2, -0.15) is 0 Å². The number of benzene rings is 2. The van der Waals surface area contributed by atoms with Crippen LogP contribution in [0.25, 0.3) is 10.8 Å². The summed E-state index contributed by atoms with van der Waals surface area (Å²) in [7, 11) is 3.05. The van der Waals surface area contributed by atoms with Crippen LogP contribution in [0, 0.1) is 17.3 Å². The number of phenols is 2. The molecule has 6 N–H and O–H groups in total. The Bertz CT molecular complexity index is 1400. The Morgan fingerprint density at radius 3 is 2.37 bits per heavy atom. The van der Waals surface area contributed by atoms with Crippen molar-refractivity contribution in [3.8, 4) is 11.5 Å². The van der Waals surface area contributed by atoms with Crippen molar-refractivity contribution in [2.45, 2.75) is 45.4 Å². The Morgan fingerprint density at radius 1 is 1.18 bits per heavy atom. The van der Waals surface area contributed by atoms with E-state index in [-0.39, 0.29) is 51.1 Å². The number of nitrogens with two attached hydrogens (primary N) is 1. The van der Waals surface area contributed by atoms with Crippen LogP contribution >= 0.6 is 11.6 Å². The number of phenolic OH excluding ortho intramolecular Hbond substituents is 2. The summed E-state index contributed by atoms with van der Waals surface area (Å²) in [6.45, 7) is 6.97. The SMILES string of the molecule is CN(C)[C@@H]1C(=O)C(C(N)=O)C(=O)[C@@]2(O)C(=O)c3c(cc4c(Cl)cc(CNCC(C)(C)C)c(O)c4c3O)C[C@@H]12. The first-order valence-electron chi connectivity index (χ1n) is 12.2. The number of primary amides is 1. The van der Waals surface area contributed by atoms with E-state index in [2.05, 4.69) is 5.32 Å². The Hall–Kier alpha value is -3.05. The maximum absolute atomic E-state index is 13.8. The summed E-state index contributed by atoms with van der Waals surface area (Å²) in [5, 5.41) is 37.6. The molecule has 10 nitrogen and oxygen atoms in total. The Kier molecular flexibility index (Phi) is 6.85. The van der Waals surface area contributed by atoms with Gasteiger partial charge in [0, 0.05) is 35.0 Å². The standard InChI is InChI=1S/C27H32ClN3O7/c1-26(2,3)10-30-9-12-8-15(28)13-6-11-7-14-19(31(4)5)22(34)18(25(29)37)24(36)27(14,38)23(35)16(11)21(33)17(13)20(12)32/h6,8,14,18-19,30,32-33,38H,7,9-10H2,1-5H3,(H2,29,37)/t14-,18?,19-,27-/m0/s1. The lowest BCUT2D eigenvalue weighted by Crippen LogP contribution is -2.71. The molecule has 2 aliphatic carbocycles. The van der Waals surface area contributed by atoms with Crippen LogP contribution in [0.3, 0.4) is 0 Å². The fourth-order valence-electron chi connectivity index (χ4n) is 5.71. The van der Waals surface area contributed by atoms with Gasteiger partial charge in [0.2, 0.25) is 11.7 Å². The molecule has 11 heteroatoms. The van der Waals surface area contributed by atoms with Gasteiger partial charge in [0.05, 0.1) is 17.0 Å². The van der Waals surface area contributed by atoms with Crippen molar-refractivity contribution in [1.29, 1.82) is 0 Å². The molecule has 38 heavy (non-hydrogen) atoms. The minimum absolute atomic E-state index is 0.0308. The highest BCUT2D eigenvalue weighted by Gasteiger charge is 2.66. The average molecular weight is 546 g/mol. The van der Waals surface area contributed by atoms with E-state index in [0.29, 0.717) is 12.1 Å². The molecule has 4 rings (SSSR count). The summed E-state index contributed by atoms with van der Waals surface area (Å²) in [5.41, 5.74) is 2.77. The van der Waals surface area contributed by atoms with Crippen LogP contribution in [0.4, 0.5) is 0 Å². The molecule has 1 fully saturated rings. The monoisotopic (exact) mass is 545 g/mol. The van der Waals surface area contributed by atoms with Crippen LogP contribution < -0.4 is 11.1 Å². The number of aliphatic hydroxyl groups is 1. The van der Waals surface area contributed by atoms with Crippen molar-refractivity contribution in [3.63, 3.8) is 0 Å². The second-order valence-corrected chi connectivity index (χ2v) is 12.0. The number of rotatable bonds is 5. The lowest BCUT2D eigenvalue weighted by molar-refractivity contribution is -0.162. The molecule has 1 saturated carbocycles. The van der Waals surface area contributed by atoms with Gasteiger partial charge in [0.25, 0.3) is 0 Å². The second-order valence-electron chi connectivity index (χ2n) is 11.6. The number of amides is 1. The van der Waals surface area contributed by atoms with E-state index in [4.69, 9.17) is 17.3 Å². The molecular formula is C27H32ClN3O7. The average Bonchev–Trinajstić information content (AvgIpc) is 2.78. The van der Waals surface area contributed by atoms with Crippen LogP contribution in [0.1, 0.15) is 42.3 Å². The van der Waals surface area contributed by atoms with E-state index in [9.17, 15) is 34.5 Å². The van der Waals surface area contributed by atoms with Crippen molar-refractivity contribution < 1.29 is 34.5 Å². The molecule has 204 valence electrons. The summed E-state index contributed by atoms with van der Waals surface area (Å²) in [4.78, 5) is 53.7. The summed E-state index contributed by atoms with van der Waals surface area (Å²) in [6.07, 6.45) is -0.154. The number of carbonyl (C=O) groups excluding carboxylic acids is 4. The van der Waals surface area contributed by atoms with Gasteiger partial charge in [-0.25, -0.2) is 0 Å². The van der Waals surface area contributed by atoms with E-state index in [1.54, 1.807) is 6.07 Å². The summed E-state index contributed by atoms with van der Waals surface area (Å²) < 4.78 is 0. The van der Waals surface area contributed by atoms with E-state index in [0.717, 1.165) is 0 Å². The third-order valence-corrected chi connectivity index (χ3v) is 7.75. The van der Waals surface area contributed by atoms with Gasteiger partial charge in [-0.05, 0) is 43.6 Å². The predicted molar refractivity (Wildman–Crippen MR) is 140 cm³/mol. The maximum atomic E-state index is 13.8. The third kappa shape index (κ3) is 4.16. The van der Waals surface area contributed by atoms with E-state index < -0.39 is 52.5 Å². The summed E-state index contributed by atoms with van der Waals surface area (Å²) in [5.74, 6) is -8.74. The van der Waals surface area contributed by atoms with E-state index in [1.165, 1.54) is 25.1 Å². The first kappa shape index (κ1) is 28.0. The zero-order valence-electron chi connectivity index (χ0n) is 21.9. The van der Waals surface area contributed by atoms with Gasteiger partial charge in [0.15, 0.2) is 23.1 Å². The Balaban J connectivity index is 1.91. The largest absolute Gasteiger partial charge is 0.507 e. The molecule has 1 unspecified atom stereocenters. The van der Waals surface area contributed by atoms with Gasteiger partial charge in [-0.15, -0.1) is 0 Å². The molecule has 0 bridgehead atoms.